The average Bonchev–Trinajstić information content (AvgIpc) is 1.58. The third kappa shape index (κ3) is 7.83. The second-order valence-electron chi connectivity index (χ2n) is 31.3. The molecule has 0 spiro atoms. The molecule has 95 heavy (non-hydrogen) atoms. The van der Waals surface area contributed by atoms with Crippen LogP contribution in [0.4, 0.5) is 102 Å². The van der Waals surface area contributed by atoms with Gasteiger partial charge >= 0.3 is 492 Å². The molecule has 460 valence electrons. The van der Waals surface area contributed by atoms with Crippen LogP contribution in [0.15, 0.2) is 231 Å². The molecule has 0 fully saturated rings. The topological polar surface area (TPSA) is 19.4 Å². The van der Waals surface area contributed by atoms with Crippen LogP contribution in [0.5, 0.6) is 0 Å². The summed E-state index contributed by atoms with van der Waals surface area (Å²) in [5.41, 5.74) is 37.5. The molecule has 9 heteroatoms. The molecule has 0 atom stereocenters. The van der Waals surface area contributed by atoms with E-state index in [2.05, 4.69) is 343 Å². The molecule has 8 heterocycles. The van der Waals surface area contributed by atoms with E-state index in [1.165, 1.54) is 166 Å². The van der Waals surface area contributed by atoms with Crippen molar-refractivity contribution in [1.29, 1.82) is 0 Å². The first-order valence-corrected chi connectivity index (χ1v) is 35.7. The van der Waals surface area contributed by atoms with Crippen molar-refractivity contribution in [2.45, 2.75) is 105 Å². The molecule has 1 aromatic heterocycles. The van der Waals surface area contributed by atoms with Gasteiger partial charge in [0.1, 0.15) is 0 Å². The van der Waals surface area contributed by atoms with E-state index in [1.807, 2.05) is 0 Å². The van der Waals surface area contributed by atoms with Gasteiger partial charge in [0, 0.05) is 0 Å². The smallest absolute Gasteiger partial charge is 0.0621 e. The minimum atomic E-state index is -0.198. The molecule has 11 aromatic carbocycles. The molecule has 7 aliphatic heterocycles. The zero-order chi connectivity index (χ0) is 64.7. The summed E-state index contributed by atoms with van der Waals surface area (Å²) in [6.07, 6.45) is 0. The fraction of sp³-hybridized carbons (Fsp3) is 0.186. The first kappa shape index (κ1) is 56.9. The predicted octanol–water partition coefficient (Wildman–Crippen LogP) is 19.3. The van der Waals surface area contributed by atoms with E-state index < -0.39 is 0 Å². The van der Waals surface area contributed by atoms with Crippen molar-refractivity contribution >= 4 is 163 Å². The van der Waals surface area contributed by atoms with E-state index in [-0.39, 0.29) is 49.6 Å². The molecule has 7 aliphatic rings. The van der Waals surface area contributed by atoms with Gasteiger partial charge in [-0.1, -0.05) is 77.9 Å². The summed E-state index contributed by atoms with van der Waals surface area (Å²) in [7, 11) is 0. The van der Waals surface area contributed by atoms with Crippen molar-refractivity contribution in [2.75, 3.05) is 29.4 Å². The Morgan fingerprint density at radius 1 is 0.253 bits per heavy atom. The standard InChI is InChI=1S/C86H74B2N6Se/c1-83(2,3)53-39-45-63-69(48-53)89(56-31-21-15-22-32-56)71-50-55(85(7,8)9)47-62-75(71)91(63)65-35-25-38-68-73(65)88(62)61-44-43-60-77-78(61)94(68)80-79(81(51-27-17-13-18-28-51)95-82(80)52-29-19-14-20-30-52)93(77)67-37-26-36-66-72(67)87(60)59-42-41-58(86(10,11)12)74-76(59)92(66)64-46-40-54(84(4,5)6)49-70(64)90(74)57-33-23-16-24-34-57/h13-50H,1-12H3. The van der Waals surface area contributed by atoms with Crippen LogP contribution in [-0.2, 0) is 21.7 Å². The molecule has 0 aliphatic carbocycles. The Hall–Kier alpha value is -9.65. The molecule has 0 radical (unpaired) electrons. The second-order valence-corrected chi connectivity index (χ2v) is 33.5. The maximum atomic E-state index is 2.81. The Kier molecular flexibility index (Phi) is 11.7. The van der Waals surface area contributed by atoms with Gasteiger partial charge in [-0.3, -0.25) is 0 Å². The van der Waals surface area contributed by atoms with E-state index >= 15 is 0 Å². The molecular weight excluding hydrogens is 1220 g/mol. The monoisotopic (exact) mass is 1290 g/mol. The second kappa shape index (κ2) is 19.5. The third-order valence-corrected chi connectivity index (χ3v) is 24.2. The number of anilines is 18. The zero-order valence-corrected chi connectivity index (χ0v) is 57.9. The molecule has 0 saturated heterocycles. The van der Waals surface area contributed by atoms with Crippen molar-refractivity contribution < 1.29 is 0 Å². The van der Waals surface area contributed by atoms with Crippen LogP contribution < -0.4 is 62.2 Å². The van der Waals surface area contributed by atoms with Crippen LogP contribution in [0.2, 0.25) is 0 Å². The molecule has 12 aromatic rings. The SMILES string of the molecule is CC(C)(C)c1ccc2c(c1)N(c1ccccc1)c1cc(C(C)(C)C)cc3c1N2c1cccc2c1B3c1ccc3c4c1N2c1c(-c2ccccc2)[se]c(-c2ccccc2)c1N4c1cccc2c1B3c1ccc(C(C)(C)C)c3c1N2c1ccc(C(C)(C)C)cc1N3c1ccccc1. The van der Waals surface area contributed by atoms with Gasteiger partial charge in [-0.05, 0) is 0 Å². The van der Waals surface area contributed by atoms with Crippen LogP contribution in [0.3, 0.4) is 0 Å². The third-order valence-electron chi connectivity index (χ3n) is 21.5. The van der Waals surface area contributed by atoms with Gasteiger partial charge in [0.05, 0.1) is 0 Å². The van der Waals surface area contributed by atoms with E-state index in [4.69, 9.17) is 0 Å². The van der Waals surface area contributed by atoms with Gasteiger partial charge in [-0.15, -0.1) is 0 Å². The molecule has 0 amide bonds. The number of hydrogen-bond acceptors (Lipinski definition) is 6. The summed E-state index contributed by atoms with van der Waals surface area (Å²) >= 11 is -0.115. The van der Waals surface area contributed by atoms with Gasteiger partial charge in [0.2, 0.25) is 0 Å². The number of hydrogen-bond donors (Lipinski definition) is 0. The first-order valence-electron chi connectivity index (χ1n) is 34.0. The van der Waals surface area contributed by atoms with Crippen LogP contribution >= 0.6 is 0 Å². The van der Waals surface area contributed by atoms with Crippen LogP contribution in [0.25, 0.3) is 20.0 Å². The normalized spacial score (nSPS) is 14.8. The van der Waals surface area contributed by atoms with E-state index in [0.29, 0.717) is 0 Å². The van der Waals surface area contributed by atoms with Gasteiger partial charge in [-0.25, -0.2) is 0 Å². The van der Waals surface area contributed by atoms with Gasteiger partial charge < -0.3 is 0 Å². The number of fused-ring (bicyclic) bond motifs is 15. The Labute approximate surface area is 566 Å². The fourth-order valence-electron chi connectivity index (χ4n) is 17.1. The molecule has 0 unspecified atom stereocenters. The summed E-state index contributed by atoms with van der Waals surface area (Å²) in [5, 5.41) is 0. The Balaban J connectivity index is 0.953. The van der Waals surface area contributed by atoms with Crippen LogP contribution in [0, 0.1) is 0 Å². The number of benzene rings is 11. The summed E-state index contributed by atoms with van der Waals surface area (Å²) in [5.74, 6) is 0. The van der Waals surface area contributed by atoms with E-state index in [1.54, 1.807) is 0 Å². The molecule has 0 N–H and O–H groups in total. The summed E-state index contributed by atoms with van der Waals surface area (Å²) < 4.78 is 2.79. The maximum absolute atomic E-state index is 2.81. The minimum absolute atomic E-state index is 0.0739. The molecule has 0 bridgehead atoms. The molecule has 0 saturated carbocycles. The van der Waals surface area contributed by atoms with E-state index in [0.717, 1.165) is 11.4 Å². The number of rotatable bonds is 4. The summed E-state index contributed by atoms with van der Waals surface area (Å²) in [6.45, 7) is 28.2. The van der Waals surface area contributed by atoms with Crippen LogP contribution in [0.1, 0.15) is 105 Å². The molecule has 19 rings (SSSR count). The quantitative estimate of drug-likeness (QED) is 0.162. The summed E-state index contributed by atoms with van der Waals surface area (Å²) in [4.78, 5) is 16.2. The van der Waals surface area contributed by atoms with Gasteiger partial charge in [0.25, 0.3) is 0 Å². The van der Waals surface area contributed by atoms with E-state index in [9.17, 15) is 0 Å². The van der Waals surface area contributed by atoms with Gasteiger partial charge in [0.15, 0.2) is 0 Å². The van der Waals surface area contributed by atoms with Crippen molar-refractivity contribution in [3.8, 4) is 20.0 Å². The van der Waals surface area contributed by atoms with Gasteiger partial charge in [-0.2, -0.15) is 0 Å². The number of nitrogens with zero attached hydrogens (tertiary/aromatic N) is 6. The summed E-state index contributed by atoms with van der Waals surface area (Å²) in [6, 6.07) is 89.7. The van der Waals surface area contributed by atoms with Crippen LogP contribution in [-0.4, -0.2) is 27.9 Å². The zero-order valence-electron chi connectivity index (χ0n) is 56.2. The van der Waals surface area contributed by atoms with Crippen molar-refractivity contribution in [3.63, 3.8) is 0 Å². The van der Waals surface area contributed by atoms with Crippen molar-refractivity contribution in [1.82, 2.24) is 0 Å². The Morgan fingerprint density at radius 2 is 0.642 bits per heavy atom. The Bertz CT molecular complexity index is 5280. The average molecular weight is 1290 g/mol. The van der Waals surface area contributed by atoms with Crippen molar-refractivity contribution in [2.24, 2.45) is 0 Å². The molecular formula is C86H74B2N6Se. The first-order chi connectivity index (χ1) is 45.7. The van der Waals surface area contributed by atoms with Crippen molar-refractivity contribution in [3.05, 3.63) is 253 Å². The minimum Gasteiger partial charge on any atom is -0.0621 e. The number of para-hydroxylation sites is 2. The fourth-order valence-corrected chi connectivity index (χ4v) is 19.8. The molecule has 6 nitrogen and oxygen atoms in total. The predicted molar refractivity (Wildman–Crippen MR) is 407 cm³/mol. The Morgan fingerprint density at radius 3 is 1.11 bits per heavy atom.